The Morgan fingerprint density at radius 2 is 1.94 bits per heavy atom. The van der Waals surface area contributed by atoms with Gasteiger partial charge in [0, 0.05) is 17.4 Å². The van der Waals surface area contributed by atoms with Gasteiger partial charge in [-0.3, -0.25) is 4.79 Å². The fourth-order valence-corrected chi connectivity index (χ4v) is 5.74. The van der Waals surface area contributed by atoms with Crippen LogP contribution in [0, 0.1) is 17.8 Å². The molecule has 0 spiro atoms. The molecule has 0 aromatic heterocycles. The lowest BCUT2D eigenvalue weighted by Crippen LogP contribution is -2.45. The Hall–Kier alpha value is -2.07. The van der Waals surface area contributed by atoms with Crippen LogP contribution in [0.3, 0.4) is 0 Å². The predicted octanol–water partition coefficient (Wildman–Crippen LogP) is 6.22. The molecule has 0 heterocycles. The summed E-state index contributed by atoms with van der Waals surface area (Å²) in [6.07, 6.45) is 7.89. The molecule has 4 heteroatoms. The van der Waals surface area contributed by atoms with Crippen LogP contribution < -0.4 is 4.74 Å². The van der Waals surface area contributed by atoms with Crippen LogP contribution in [0.2, 0.25) is 0 Å². The highest BCUT2D eigenvalue weighted by atomic mass is 16.5. The number of carbonyl (C=O) groups excluding carboxylic acids is 1. The standard InChI is InChI=1S/C28H40O4/c1-18(9-10-20-15-22(32-7)14-19(2)24(20)29)13-21-16-27(5)11-8-12-28(27,6)25(30)23(21)17-26(3,4)31/h9,14-15,29,31H,8,10-13,16-17H2,1-7H3/b18-9+/t27-,28+/m1/s1. The van der Waals surface area contributed by atoms with Gasteiger partial charge >= 0.3 is 0 Å². The van der Waals surface area contributed by atoms with E-state index in [1.807, 2.05) is 19.1 Å². The lowest BCUT2D eigenvalue weighted by molar-refractivity contribution is -0.131. The van der Waals surface area contributed by atoms with Crippen LogP contribution in [0.1, 0.15) is 84.3 Å². The minimum atomic E-state index is -0.916. The Labute approximate surface area is 193 Å². The SMILES string of the molecule is COc1cc(C)c(O)c(C/C=C(\C)CC2=C(CC(C)(C)O)C(=O)[C@]3(C)CCC[C@]3(C)C2)c1. The topological polar surface area (TPSA) is 66.8 Å². The Balaban J connectivity index is 1.91. The quantitative estimate of drug-likeness (QED) is 0.494. The Kier molecular flexibility index (Phi) is 6.68. The summed E-state index contributed by atoms with van der Waals surface area (Å²) >= 11 is 0. The number of fused-ring (bicyclic) bond motifs is 1. The van der Waals surface area contributed by atoms with E-state index in [9.17, 15) is 15.0 Å². The van der Waals surface area contributed by atoms with Gasteiger partial charge in [0.15, 0.2) is 5.78 Å². The first-order chi connectivity index (χ1) is 14.8. The number of hydrogen-bond acceptors (Lipinski definition) is 4. The molecule has 1 aromatic rings. The van der Waals surface area contributed by atoms with Crippen LogP contribution in [-0.2, 0) is 11.2 Å². The molecule has 2 aliphatic rings. The number of benzene rings is 1. The summed E-state index contributed by atoms with van der Waals surface area (Å²) in [5.41, 5.74) is 3.58. The highest BCUT2D eigenvalue weighted by molar-refractivity contribution is 6.02. The van der Waals surface area contributed by atoms with Crippen LogP contribution >= 0.6 is 0 Å². The van der Waals surface area contributed by atoms with Gasteiger partial charge in [0.05, 0.1) is 12.7 Å². The number of phenols is 1. The summed E-state index contributed by atoms with van der Waals surface area (Å²) in [7, 11) is 1.63. The van der Waals surface area contributed by atoms with Gasteiger partial charge < -0.3 is 14.9 Å². The van der Waals surface area contributed by atoms with E-state index in [4.69, 9.17) is 4.74 Å². The average Bonchev–Trinajstić information content (AvgIpc) is 3.00. The number of aryl methyl sites for hydroxylation is 1. The molecular weight excluding hydrogens is 400 g/mol. The predicted molar refractivity (Wildman–Crippen MR) is 129 cm³/mol. The zero-order chi connectivity index (χ0) is 23.9. The first kappa shape index (κ1) is 24.6. The molecule has 1 saturated carbocycles. The van der Waals surface area contributed by atoms with E-state index in [0.29, 0.717) is 18.6 Å². The molecule has 2 atom stereocenters. The van der Waals surface area contributed by atoms with E-state index >= 15 is 0 Å². The molecule has 1 fully saturated rings. The van der Waals surface area contributed by atoms with Gasteiger partial charge in [0.25, 0.3) is 0 Å². The molecule has 3 rings (SSSR count). The maximum atomic E-state index is 13.7. The first-order valence-corrected chi connectivity index (χ1v) is 11.8. The van der Waals surface area contributed by atoms with Gasteiger partial charge in [0.1, 0.15) is 11.5 Å². The zero-order valence-corrected chi connectivity index (χ0v) is 20.9. The number of aliphatic hydroxyl groups is 1. The third-order valence-electron chi connectivity index (χ3n) is 7.90. The van der Waals surface area contributed by atoms with E-state index in [-0.39, 0.29) is 16.6 Å². The second kappa shape index (κ2) is 8.70. The van der Waals surface area contributed by atoms with Crippen LogP contribution in [0.15, 0.2) is 34.9 Å². The van der Waals surface area contributed by atoms with Crippen molar-refractivity contribution in [2.45, 2.75) is 92.1 Å². The Morgan fingerprint density at radius 3 is 2.56 bits per heavy atom. The van der Waals surface area contributed by atoms with Crippen LogP contribution in [-0.4, -0.2) is 28.7 Å². The van der Waals surface area contributed by atoms with Crippen molar-refractivity contribution in [3.05, 3.63) is 46.1 Å². The second-order valence-electron chi connectivity index (χ2n) is 11.2. The van der Waals surface area contributed by atoms with Gasteiger partial charge in [-0.25, -0.2) is 0 Å². The van der Waals surface area contributed by atoms with Crippen molar-refractivity contribution in [1.29, 1.82) is 0 Å². The number of methoxy groups -OCH3 is 1. The maximum Gasteiger partial charge on any atom is 0.165 e. The maximum absolute atomic E-state index is 13.7. The largest absolute Gasteiger partial charge is 0.507 e. The molecule has 0 aliphatic heterocycles. The fraction of sp³-hybridized carbons (Fsp3) is 0.607. The second-order valence-corrected chi connectivity index (χ2v) is 11.2. The number of hydrogen-bond donors (Lipinski definition) is 2. The summed E-state index contributed by atoms with van der Waals surface area (Å²) in [6.45, 7) is 11.9. The van der Waals surface area contributed by atoms with E-state index in [2.05, 4.69) is 26.8 Å². The molecule has 0 unspecified atom stereocenters. The van der Waals surface area contributed by atoms with E-state index in [1.54, 1.807) is 21.0 Å². The van der Waals surface area contributed by atoms with Gasteiger partial charge in [-0.05, 0) is 88.5 Å². The Morgan fingerprint density at radius 1 is 1.25 bits per heavy atom. The molecule has 2 aliphatic carbocycles. The van der Waals surface area contributed by atoms with Crippen molar-refractivity contribution in [3.63, 3.8) is 0 Å². The molecule has 2 N–H and O–H groups in total. The van der Waals surface area contributed by atoms with E-state index in [1.165, 1.54) is 11.1 Å². The summed E-state index contributed by atoms with van der Waals surface area (Å²) in [6, 6.07) is 3.70. The van der Waals surface area contributed by atoms with Gasteiger partial charge in [0.2, 0.25) is 0 Å². The van der Waals surface area contributed by atoms with Crippen molar-refractivity contribution >= 4 is 5.78 Å². The molecule has 0 saturated heterocycles. The highest BCUT2D eigenvalue weighted by Crippen LogP contribution is 2.61. The molecule has 0 radical (unpaired) electrons. The van der Waals surface area contributed by atoms with Crippen molar-refractivity contribution in [2.24, 2.45) is 10.8 Å². The van der Waals surface area contributed by atoms with Crippen LogP contribution in [0.25, 0.3) is 0 Å². The van der Waals surface area contributed by atoms with Crippen molar-refractivity contribution in [1.82, 2.24) is 0 Å². The highest BCUT2D eigenvalue weighted by Gasteiger charge is 2.56. The van der Waals surface area contributed by atoms with E-state index in [0.717, 1.165) is 54.6 Å². The number of ether oxygens (including phenoxy) is 1. The number of aromatic hydroxyl groups is 1. The van der Waals surface area contributed by atoms with Gasteiger partial charge in [-0.2, -0.15) is 0 Å². The normalized spacial score (nSPS) is 26.5. The molecule has 0 bridgehead atoms. The Bertz CT molecular complexity index is 962. The van der Waals surface area contributed by atoms with Gasteiger partial charge in [-0.15, -0.1) is 0 Å². The molecule has 176 valence electrons. The number of Topliss-reactive ketones (excluding diaryl/α,β-unsaturated/α-hetero) is 1. The van der Waals surface area contributed by atoms with Crippen LogP contribution in [0.5, 0.6) is 11.5 Å². The number of phenolic OH excluding ortho intramolecular Hbond substituents is 1. The first-order valence-electron chi connectivity index (χ1n) is 11.8. The average molecular weight is 441 g/mol. The number of rotatable bonds is 7. The summed E-state index contributed by atoms with van der Waals surface area (Å²) in [5.74, 6) is 1.29. The van der Waals surface area contributed by atoms with Crippen molar-refractivity contribution < 1.29 is 19.7 Å². The van der Waals surface area contributed by atoms with Crippen LogP contribution in [0.4, 0.5) is 0 Å². The van der Waals surface area contributed by atoms with Gasteiger partial charge in [-0.1, -0.05) is 37.5 Å². The fourth-order valence-electron chi connectivity index (χ4n) is 5.74. The van der Waals surface area contributed by atoms with Crippen molar-refractivity contribution in [2.75, 3.05) is 7.11 Å². The minimum absolute atomic E-state index is 0.00896. The monoisotopic (exact) mass is 440 g/mol. The summed E-state index contributed by atoms with van der Waals surface area (Å²) in [4.78, 5) is 13.7. The lowest BCUT2D eigenvalue weighted by Gasteiger charge is -2.46. The molecular formula is C28H40O4. The zero-order valence-electron chi connectivity index (χ0n) is 20.9. The molecule has 1 aromatic carbocycles. The van der Waals surface area contributed by atoms with Crippen molar-refractivity contribution in [3.8, 4) is 11.5 Å². The minimum Gasteiger partial charge on any atom is -0.507 e. The molecule has 32 heavy (non-hydrogen) atoms. The number of allylic oxidation sites excluding steroid dienone is 3. The molecule has 0 amide bonds. The number of ketones is 1. The third-order valence-corrected chi connectivity index (χ3v) is 7.90. The summed E-state index contributed by atoms with van der Waals surface area (Å²) in [5, 5.41) is 21.0. The smallest absolute Gasteiger partial charge is 0.165 e. The third kappa shape index (κ3) is 4.66. The van der Waals surface area contributed by atoms with E-state index < -0.39 is 5.60 Å². The molecule has 4 nitrogen and oxygen atoms in total. The number of carbonyl (C=O) groups is 1. The lowest BCUT2D eigenvalue weighted by atomic mass is 9.56. The summed E-state index contributed by atoms with van der Waals surface area (Å²) < 4.78 is 5.35.